The number of esters is 1. The molecule has 0 aliphatic heterocycles. The highest BCUT2D eigenvalue weighted by Gasteiger charge is 2.14. The second-order valence-electron chi connectivity index (χ2n) is 6.73. The Hall–Kier alpha value is -3.72. The van der Waals surface area contributed by atoms with E-state index in [4.69, 9.17) is 9.47 Å². The van der Waals surface area contributed by atoms with E-state index in [9.17, 15) is 9.18 Å². The Morgan fingerprint density at radius 1 is 1.10 bits per heavy atom. The lowest BCUT2D eigenvalue weighted by atomic mass is 10.2. The normalized spacial score (nSPS) is 11.0. The number of fused-ring (bicyclic) bond motifs is 1. The smallest absolute Gasteiger partial charge is 0.340 e. The Morgan fingerprint density at radius 3 is 2.53 bits per heavy atom. The van der Waals surface area contributed by atoms with Crippen molar-refractivity contribution in [2.45, 2.75) is 13.8 Å². The van der Waals surface area contributed by atoms with Gasteiger partial charge in [-0.15, -0.1) is 9.73 Å². The fourth-order valence-electron chi connectivity index (χ4n) is 2.82. The van der Waals surface area contributed by atoms with Crippen molar-refractivity contribution in [3.63, 3.8) is 0 Å². The lowest BCUT2D eigenvalue weighted by Gasteiger charge is -2.09. The molecule has 0 saturated carbocycles. The van der Waals surface area contributed by atoms with Gasteiger partial charge < -0.3 is 19.8 Å². The van der Waals surface area contributed by atoms with Crippen LogP contribution in [0.3, 0.4) is 0 Å². The summed E-state index contributed by atoms with van der Waals surface area (Å²) in [5, 5.41) is 11.3. The van der Waals surface area contributed by atoms with E-state index in [2.05, 4.69) is 20.5 Å². The van der Waals surface area contributed by atoms with Gasteiger partial charge >= 0.3 is 5.97 Å². The van der Waals surface area contributed by atoms with Gasteiger partial charge in [0.1, 0.15) is 6.73 Å². The number of nitrogens with zero attached hydrogens (tertiary/aromatic N) is 3. The largest absolute Gasteiger partial charge is 0.435 e. The Bertz CT molecular complexity index is 1170. The highest BCUT2D eigenvalue weighted by molar-refractivity contribution is 5.89. The van der Waals surface area contributed by atoms with Crippen LogP contribution in [0.1, 0.15) is 21.6 Å². The molecule has 154 valence electrons. The molecule has 0 spiro atoms. The lowest BCUT2D eigenvalue weighted by molar-refractivity contribution is -0.0259. The van der Waals surface area contributed by atoms with E-state index in [-0.39, 0.29) is 19.2 Å². The number of aromatic nitrogens is 4. The zero-order chi connectivity index (χ0) is 21.1. The van der Waals surface area contributed by atoms with E-state index < -0.39 is 11.8 Å². The van der Waals surface area contributed by atoms with Crippen molar-refractivity contribution in [2.24, 2.45) is 0 Å². The number of aryl methyl sites for hydroxylation is 2. The first kappa shape index (κ1) is 19.6. The van der Waals surface area contributed by atoms with Gasteiger partial charge in [0.2, 0.25) is 0 Å². The second-order valence-corrected chi connectivity index (χ2v) is 6.73. The SMILES string of the molecule is Cc1ccc(C(=O)OCOCNc2ccc(-c3nn4nc(C)c(F)c4[nH]3)cc2)cc1. The molecule has 30 heavy (non-hydrogen) atoms. The number of hydrogen-bond donors (Lipinski definition) is 2. The summed E-state index contributed by atoms with van der Waals surface area (Å²) in [7, 11) is 0. The number of carbonyl (C=O) groups excluding carboxylic acids is 1. The first-order valence-corrected chi connectivity index (χ1v) is 9.28. The van der Waals surface area contributed by atoms with Gasteiger partial charge in [-0.2, -0.15) is 5.10 Å². The predicted molar refractivity (Wildman–Crippen MR) is 109 cm³/mol. The van der Waals surface area contributed by atoms with Gasteiger partial charge in [-0.25, -0.2) is 9.18 Å². The summed E-state index contributed by atoms with van der Waals surface area (Å²) in [5.74, 6) is -0.328. The minimum absolute atomic E-state index is 0.158. The molecule has 0 atom stereocenters. The molecule has 0 amide bonds. The molecule has 0 aliphatic carbocycles. The number of hydrogen-bond acceptors (Lipinski definition) is 6. The molecule has 0 unspecified atom stereocenters. The molecule has 0 saturated heterocycles. The average Bonchev–Trinajstić information content (AvgIpc) is 3.27. The van der Waals surface area contributed by atoms with Gasteiger partial charge in [0, 0.05) is 11.3 Å². The Labute approximate surface area is 171 Å². The number of benzene rings is 2. The molecular weight excluding hydrogens is 389 g/mol. The highest BCUT2D eigenvalue weighted by Crippen LogP contribution is 2.20. The van der Waals surface area contributed by atoms with Crippen LogP contribution in [0.2, 0.25) is 0 Å². The molecule has 0 fully saturated rings. The second kappa shape index (κ2) is 8.34. The van der Waals surface area contributed by atoms with Gasteiger partial charge in [-0.1, -0.05) is 17.7 Å². The van der Waals surface area contributed by atoms with Crippen LogP contribution in [0.4, 0.5) is 10.1 Å². The predicted octanol–water partition coefficient (Wildman–Crippen LogP) is 3.68. The van der Waals surface area contributed by atoms with Crippen molar-refractivity contribution < 1.29 is 18.7 Å². The summed E-state index contributed by atoms with van der Waals surface area (Å²) in [6.45, 7) is 3.54. The number of ether oxygens (including phenoxy) is 2. The van der Waals surface area contributed by atoms with E-state index in [0.717, 1.165) is 16.8 Å². The molecule has 0 bridgehead atoms. The third-order valence-electron chi connectivity index (χ3n) is 4.50. The number of H-pyrrole nitrogens is 1. The Morgan fingerprint density at radius 2 is 1.83 bits per heavy atom. The van der Waals surface area contributed by atoms with Crippen LogP contribution in [-0.2, 0) is 9.47 Å². The number of anilines is 1. The first-order chi connectivity index (χ1) is 14.5. The summed E-state index contributed by atoms with van der Waals surface area (Å²) in [6, 6.07) is 14.5. The molecule has 0 aliphatic rings. The molecule has 2 heterocycles. The summed E-state index contributed by atoms with van der Waals surface area (Å²) in [6.07, 6.45) is 0. The quantitative estimate of drug-likeness (QED) is 0.275. The third kappa shape index (κ3) is 4.15. The minimum atomic E-state index is -0.434. The standard InChI is InChI=1S/C21H20FN5O3/c1-13-3-5-16(6-4-13)21(28)30-12-29-11-23-17-9-7-15(8-10-17)19-24-20-18(22)14(2)25-27(20)26-19/h3-10,23H,11-12H2,1-2H3,(H,24,26). The maximum atomic E-state index is 13.9. The van der Waals surface area contributed by atoms with Crippen LogP contribution in [-0.4, -0.2) is 39.3 Å². The highest BCUT2D eigenvalue weighted by atomic mass is 19.1. The van der Waals surface area contributed by atoms with E-state index in [1.807, 2.05) is 43.3 Å². The summed E-state index contributed by atoms with van der Waals surface area (Å²) >= 11 is 0. The average molecular weight is 409 g/mol. The van der Waals surface area contributed by atoms with Gasteiger partial charge in [-0.05, 0) is 50.2 Å². The number of carbonyl (C=O) groups is 1. The lowest BCUT2D eigenvalue weighted by Crippen LogP contribution is -2.13. The number of aromatic amines is 1. The molecule has 2 aromatic carbocycles. The fraction of sp³-hybridized carbons (Fsp3) is 0.190. The van der Waals surface area contributed by atoms with Crippen molar-refractivity contribution >= 4 is 17.3 Å². The van der Waals surface area contributed by atoms with Crippen LogP contribution in [0.25, 0.3) is 17.0 Å². The number of halogens is 1. The van der Waals surface area contributed by atoms with Crippen LogP contribution in [0.15, 0.2) is 48.5 Å². The first-order valence-electron chi connectivity index (χ1n) is 9.28. The van der Waals surface area contributed by atoms with Crippen molar-refractivity contribution in [2.75, 3.05) is 18.8 Å². The Kier molecular flexibility index (Phi) is 5.44. The van der Waals surface area contributed by atoms with E-state index in [0.29, 0.717) is 17.1 Å². The molecule has 0 radical (unpaired) electrons. The van der Waals surface area contributed by atoms with Gasteiger partial charge in [0.05, 0.1) is 11.3 Å². The van der Waals surface area contributed by atoms with Crippen LogP contribution in [0.5, 0.6) is 0 Å². The van der Waals surface area contributed by atoms with E-state index in [1.165, 1.54) is 4.63 Å². The molecule has 2 N–H and O–H groups in total. The third-order valence-corrected chi connectivity index (χ3v) is 4.50. The Balaban J connectivity index is 1.25. The molecule has 9 heteroatoms. The van der Waals surface area contributed by atoms with Gasteiger partial charge in [-0.3, -0.25) is 0 Å². The van der Waals surface area contributed by atoms with Crippen molar-refractivity contribution in [3.8, 4) is 11.4 Å². The molecule has 4 aromatic rings. The molecular formula is C21H20FN5O3. The molecule has 4 rings (SSSR count). The molecule has 2 aromatic heterocycles. The number of nitrogens with one attached hydrogen (secondary N) is 2. The van der Waals surface area contributed by atoms with E-state index >= 15 is 0 Å². The van der Waals surface area contributed by atoms with Gasteiger partial charge in [0.25, 0.3) is 0 Å². The van der Waals surface area contributed by atoms with E-state index in [1.54, 1.807) is 19.1 Å². The number of rotatable bonds is 7. The zero-order valence-electron chi connectivity index (χ0n) is 16.5. The zero-order valence-corrected chi connectivity index (χ0v) is 16.5. The fourth-order valence-corrected chi connectivity index (χ4v) is 2.82. The molecule has 8 nitrogen and oxygen atoms in total. The monoisotopic (exact) mass is 409 g/mol. The van der Waals surface area contributed by atoms with Crippen molar-refractivity contribution in [1.82, 2.24) is 19.8 Å². The van der Waals surface area contributed by atoms with Crippen molar-refractivity contribution in [1.29, 1.82) is 0 Å². The minimum Gasteiger partial charge on any atom is -0.435 e. The maximum absolute atomic E-state index is 13.9. The summed E-state index contributed by atoms with van der Waals surface area (Å²) < 4.78 is 25.5. The summed E-state index contributed by atoms with van der Waals surface area (Å²) in [5.41, 5.74) is 3.68. The topological polar surface area (TPSA) is 93.5 Å². The van der Waals surface area contributed by atoms with Crippen LogP contribution >= 0.6 is 0 Å². The summed E-state index contributed by atoms with van der Waals surface area (Å²) in [4.78, 5) is 14.8. The van der Waals surface area contributed by atoms with Gasteiger partial charge in [0.15, 0.2) is 24.1 Å². The van der Waals surface area contributed by atoms with Crippen LogP contribution < -0.4 is 5.32 Å². The van der Waals surface area contributed by atoms with Crippen molar-refractivity contribution in [3.05, 3.63) is 71.2 Å². The van der Waals surface area contributed by atoms with Crippen LogP contribution in [0, 0.1) is 19.7 Å². The maximum Gasteiger partial charge on any atom is 0.340 e.